The SMILES string of the molecule is C1CCNC1.COS(C)(=O)=O. The summed E-state index contributed by atoms with van der Waals surface area (Å²) in [7, 11) is -2.04. The van der Waals surface area contributed by atoms with Gasteiger partial charge in [-0.05, 0) is 25.9 Å². The lowest BCUT2D eigenvalue weighted by molar-refractivity contribution is 0.403. The third-order valence-electron chi connectivity index (χ3n) is 1.26. The zero-order valence-electron chi connectivity index (χ0n) is 6.96. The molecule has 68 valence electrons. The molecule has 0 aromatic heterocycles. The normalized spacial score (nSPS) is 17.3. The minimum absolute atomic E-state index is 0.993. The van der Waals surface area contributed by atoms with Crippen LogP contribution in [0.2, 0.25) is 0 Å². The monoisotopic (exact) mass is 181 g/mol. The van der Waals surface area contributed by atoms with Gasteiger partial charge in [0.05, 0.1) is 13.4 Å². The molecule has 0 unspecified atom stereocenters. The van der Waals surface area contributed by atoms with Gasteiger partial charge in [0.25, 0.3) is 10.1 Å². The number of hydrogen-bond acceptors (Lipinski definition) is 4. The first-order valence-corrected chi connectivity index (χ1v) is 5.34. The molecule has 0 aromatic rings. The Bertz CT molecular complexity index is 165. The van der Waals surface area contributed by atoms with Crippen LogP contribution in [0.3, 0.4) is 0 Å². The molecule has 0 aromatic carbocycles. The first kappa shape index (κ1) is 10.9. The molecular formula is C6H15NO3S. The molecule has 0 amide bonds. The Hall–Kier alpha value is -0.130. The highest BCUT2D eigenvalue weighted by atomic mass is 32.2. The second-order valence-electron chi connectivity index (χ2n) is 2.33. The Labute approximate surface area is 68.1 Å². The summed E-state index contributed by atoms with van der Waals surface area (Å²) in [4.78, 5) is 0. The highest BCUT2D eigenvalue weighted by Crippen LogP contribution is 1.90. The van der Waals surface area contributed by atoms with E-state index in [0.717, 1.165) is 13.4 Å². The summed E-state index contributed by atoms with van der Waals surface area (Å²) in [5.74, 6) is 0. The molecule has 0 atom stereocenters. The first-order valence-electron chi connectivity index (χ1n) is 3.52. The minimum atomic E-state index is -3.16. The average Bonchev–Trinajstić information content (AvgIpc) is 2.41. The van der Waals surface area contributed by atoms with Crippen molar-refractivity contribution < 1.29 is 12.6 Å². The van der Waals surface area contributed by atoms with Gasteiger partial charge < -0.3 is 5.32 Å². The quantitative estimate of drug-likeness (QED) is 0.577. The molecule has 0 spiro atoms. The van der Waals surface area contributed by atoms with E-state index in [0.29, 0.717) is 0 Å². The molecule has 1 fully saturated rings. The van der Waals surface area contributed by atoms with Crippen LogP contribution >= 0.6 is 0 Å². The van der Waals surface area contributed by atoms with Gasteiger partial charge in [-0.25, -0.2) is 0 Å². The van der Waals surface area contributed by atoms with Gasteiger partial charge in [-0.3, -0.25) is 4.18 Å². The second-order valence-corrected chi connectivity index (χ2v) is 4.07. The van der Waals surface area contributed by atoms with Crippen molar-refractivity contribution in [2.75, 3.05) is 26.5 Å². The van der Waals surface area contributed by atoms with Crippen molar-refractivity contribution in [3.05, 3.63) is 0 Å². The smallest absolute Gasteiger partial charge is 0.264 e. The number of hydrogen-bond donors (Lipinski definition) is 1. The van der Waals surface area contributed by atoms with E-state index in [4.69, 9.17) is 0 Å². The summed E-state index contributed by atoms with van der Waals surface area (Å²) in [6, 6.07) is 0. The minimum Gasteiger partial charge on any atom is -0.317 e. The van der Waals surface area contributed by atoms with Crippen molar-refractivity contribution in [1.82, 2.24) is 5.32 Å². The zero-order valence-corrected chi connectivity index (χ0v) is 7.78. The molecule has 11 heavy (non-hydrogen) atoms. The Balaban J connectivity index is 0.000000183. The van der Waals surface area contributed by atoms with Crippen molar-refractivity contribution in [2.24, 2.45) is 0 Å². The summed E-state index contributed by atoms with van der Waals surface area (Å²) in [6.07, 6.45) is 3.77. The van der Waals surface area contributed by atoms with Crippen LogP contribution in [-0.2, 0) is 14.3 Å². The summed E-state index contributed by atoms with van der Waals surface area (Å²) in [6.45, 7) is 2.50. The Kier molecular flexibility index (Phi) is 5.45. The Morgan fingerprint density at radius 3 is 1.73 bits per heavy atom. The molecule has 0 aliphatic carbocycles. The molecule has 1 aliphatic rings. The zero-order chi connectivity index (χ0) is 8.74. The highest BCUT2D eigenvalue weighted by Gasteiger charge is 1.93. The van der Waals surface area contributed by atoms with Crippen molar-refractivity contribution >= 4 is 10.1 Å². The third-order valence-corrected chi connectivity index (χ3v) is 1.87. The van der Waals surface area contributed by atoms with E-state index >= 15 is 0 Å². The predicted molar refractivity (Wildman–Crippen MR) is 44.0 cm³/mol. The van der Waals surface area contributed by atoms with Crippen molar-refractivity contribution in [3.63, 3.8) is 0 Å². The first-order chi connectivity index (χ1) is 5.06. The molecule has 1 saturated heterocycles. The molecule has 0 bridgehead atoms. The predicted octanol–water partition coefficient (Wildman–Crippen LogP) is -0.0378. The van der Waals surface area contributed by atoms with E-state index in [1.54, 1.807) is 0 Å². The van der Waals surface area contributed by atoms with Gasteiger partial charge in [-0.1, -0.05) is 0 Å². The Morgan fingerprint density at radius 1 is 1.27 bits per heavy atom. The second kappa shape index (κ2) is 5.51. The van der Waals surface area contributed by atoms with Crippen LogP contribution < -0.4 is 5.32 Å². The van der Waals surface area contributed by atoms with E-state index < -0.39 is 10.1 Å². The maximum atomic E-state index is 9.78. The molecule has 4 nitrogen and oxygen atoms in total. The van der Waals surface area contributed by atoms with E-state index in [1.165, 1.54) is 25.9 Å². The summed E-state index contributed by atoms with van der Waals surface area (Å²) >= 11 is 0. The van der Waals surface area contributed by atoms with Crippen LogP contribution in [0.1, 0.15) is 12.8 Å². The van der Waals surface area contributed by atoms with Crippen LogP contribution in [-0.4, -0.2) is 34.9 Å². The molecular weight excluding hydrogens is 166 g/mol. The van der Waals surface area contributed by atoms with E-state index in [1.807, 2.05) is 0 Å². The van der Waals surface area contributed by atoms with Gasteiger partial charge in [0, 0.05) is 0 Å². The molecule has 5 heteroatoms. The fourth-order valence-corrected chi connectivity index (χ4v) is 0.625. The van der Waals surface area contributed by atoms with Crippen LogP contribution in [0.4, 0.5) is 0 Å². The maximum Gasteiger partial charge on any atom is 0.264 e. The fraction of sp³-hybridized carbons (Fsp3) is 1.00. The van der Waals surface area contributed by atoms with Crippen LogP contribution in [0.25, 0.3) is 0 Å². The maximum absolute atomic E-state index is 9.78. The van der Waals surface area contributed by atoms with E-state index in [2.05, 4.69) is 9.50 Å². The van der Waals surface area contributed by atoms with Gasteiger partial charge in [0.2, 0.25) is 0 Å². The van der Waals surface area contributed by atoms with Gasteiger partial charge >= 0.3 is 0 Å². The molecule has 1 heterocycles. The summed E-state index contributed by atoms with van der Waals surface area (Å²) in [5, 5.41) is 3.22. The number of nitrogens with one attached hydrogen (secondary N) is 1. The van der Waals surface area contributed by atoms with E-state index in [-0.39, 0.29) is 0 Å². The largest absolute Gasteiger partial charge is 0.317 e. The lowest BCUT2D eigenvalue weighted by Crippen LogP contribution is -2.03. The number of rotatable bonds is 1. The standard InChI is InChI=1S/C4H9N.C2H6O3S/c1-2-4-5-3-1;1-5-6(2,3)4/h5H,1-4H2;1-2H3. The van der Waals surface area contributed by atoms with E-state index in [9.17, 15) is 8.42 Å². The molecule has 1 aliphatic heterocycles. The van der Waals surface area contributed by atoms with Gasteiger partial charge in [0.15, 0.2) is 0 Å². The van der Waals surface area contributed by atoms with Crippen LogP contribution in [0.15, 0.2) is 0 Å². The van der Waals surface area contributed by atoms with Gasteiger partial charge in [-0.2, -0.15) is 8.42 Å². The van der Waals surface area contributed by atoms with Crippen molar-refractivity contribution in [3.8, 4) is 0 Å². The van der Waals surface area contributed by atoms with Crippen LogP contribution in [0, 0.1) is 0 Å². The molecule has 1 N–H and O–H groups in total. The average molecular weight is 181 g/mol. The summed E-state index contributed by atoms with van der Waals surface area (Å²) in [5.41, 5.74) is 0. The summed E-state index contributed by atoms with van der Waals surface area (Å²) < 4.78 is 23.5. The van der Waals surface area contributed by atoms with Gasteiger partial charge in [0.1, 0.15) is 0 Å². The van der Waals surface area contributed by atoms with Crippen LogP contribution in [0.5, 0.6) is 0 Å². The lowest BCUT2D eigenvalue weighted by atomic mass is 10.4. The fourth-order valence-electron chi connectivity index (χ4n) is 0.625. The topological polar surface area (TPSA) is 55.4 Å². The molecule has 1 rings (SSSR count). The van der Waals surface area contributed by atoms with Crippen molar-refractivity contribution in [1.29, 1.82) is 0 Å². The lowest BCUT2D eigenvalue weighted by Gasteiger charge is -1.84. The highest BCUT2D eigenvalue weighted by molar-refractivity contribution is 7.85. The Morgan fingerprint density at radius 2 is 1.64 bits per heavy atom. The van der Waals surface area contributed by atoms with Crippen molar-refractivity contribution in [2.45, 2.75) is 12.8 Å². The third kappa shape index (κ3) is 9.87. The van der Waals surface area contributed by atoms with Gasteiger partial charge in [-0.15, -0.1) is 0 Å². The molecule has 0 saturated carbocycles. The molecule has 0 radical (unpaired) electrons.